The van der Waals surface area contributed by atoms with Gasteiger partial charge in [-0.1, -0.05) is 6.07 Å². The van der Waals surface area contributed by atoms with Crippen molar-refractivity contribution >= 4 is 10.9 Å². The second-order valence-corrected chi connectivity index (χ2v) is 4.36. The second kappa shape index (κ2) is 5.23. The molecule has 0 bridgehead atoms. The molecule has 0 fully saturated rings. The van der Waals surface area contributed by atoms with Crippen LogP contribution in [0.2, 0.25) is 0 Å². The van der Waals surface area contributed by atoms with E-state index in [1.54, 1.807) is 7.11 Å². The predicted molar refractivity (Wildman–Crippen MR) is 69.6 cm³/mol. The molecule has 0 saturated carbocycles. The molecule has 0 saturated heterocycles. The van der Waals surface area contributed by atoms with E-state index in [1.165, 1.54) is 5.52 Å². The van der Waals surface area contributed by atoms with Crippen molar-refractivity contribution in [2.75, 3.05) is 13.7 Å². The average Bonchev–Trinajstić information content (AvgIpc) is 2.70. The van der Waals surface area contributed by atoms with Gasteiger partial charge in [0.2, 0.25) is 0 Å². The molecule has 3 heteroatoms. The van der Waals surface area contributed by atoms with Crippen molar-refractivity contribution in [2.24, 2.45) is 0 Å². The predicted octanol–water partition coefficient (Wildman–Crippen LogP) is 3.07. The number of methoxy groups -OCH3 is 1. The van der Waals surface area contributed by atoms with Crippen LogP contribution in [0.3, 0.4) is 0 Å². The molecule has 0 aliphatic carbocycles. The molecule has 0 aliphatic heterocycles. The monoisotopic (exact) mass is 233 g/mol. The highest BCUT2D eigenvalue weighted by atomic mass is 16.5. The summed E-state index contributed by atoms with van der Waals surface area (Å²) < 4.78 is 13.1. The molecule has 0 atom stereocenters. The highest BCUT2D eigenvalue weighted by Gasteiger charge is 2.07. The lowest BCUT2D eigenvalue weighted by atomic mass is 10.2. The van der Waals surface area contributed by atoms with Crippen LogP contribution in [-0.4, -0.2) is 24.4 Å². The van der Waals surface area contributed by atoms with Crippen molar-refractivity contribution in [1.82, 2.24) is 4.57 Å². The summed E-state index contributed by atoms with van der Waals surface area (Å²) in [5.74, 6) is 0.952. The van der Waals surface area contributed by atoms with Gasteiger partial charge in [0, 0.05) is 25.2 Å². The maximum atomic E-state index is 5.80. The van der Waals surface area contributed by atoms with Gasteiger partial charge in [0.05, 0.1) is 18.2 Å². The van der Waals surface area contributed by atoms with E-state index >= 15 is 0 Å². The van der Waals surface area contributed by atoms with Crippen LogP contribution in [0, 0.1) is 0 Å². The van der Waals surface area contributed by atoms with Crippen LogP contribution in [0.15, 0.2) is 30.5 Å². The Hall–Kier alpha value is -1.48. The van der Waals surface area contributed by atoms with E-state index in [2.05, 4.69) is 22.9 Å². The smallest absolute Gasteiger partial charge is 0.129 e. The number of hydrogen-bond donors (Lipinski definition) is 0. The van der Waals surface area contributed by atoms with Gasteiger partial charge in [0.15, 0.2) is 0 Å². The van der Waals surface area contributed by atoms with Crippen LogP contribution < -0.4 is 4.74 Å². The Balaban J connectivity index is 2.35. The number of ether oxygens (including phenoxy) is 2. The first kappa shape index (κ1) is 12.0. The number of benzene rings is 1. The van der Waals surface area contributed by atoms with Crippen molar-refractivity contribution in [2.45, 2.75) is 26.5 Å². The van der Waals surface area contributed by atoms with E-state index in [0.29, 0.717) is 0 Å². The largest absolute Gasteiger partial charge is 0.490 e. The molecule has 0 N–H and O–H groups in total. The molecule has 92 valence electrons. The fraction of sp³-hybridized carbons (Fsp3) is 0.429. The SMILES string of the molecule is COCCn1ccc2c(OC(C)C)cccc21. The van der Waals surface area contributed by atoms with E-state index in [0.717, 1.165) is 24.3 Å². The molecule has 1 aromatic heterocycles. The average molecular weight is 233 g/mol. The molecule has 0 unspecified atom stereocenters. The molecule has 1 aromatic carbocycles. The topological polar surface area (TPSA) is 23.4 Å². The summed E-state index contributed by atoms with van der Waals surface area (Å²) in [6, 6.07) is 8.26. The first-order chi connectivity index (χ1) is 8.22. The molecule has 2 rings (SSSR count). The number of aromatic nitrogens is 1. The van der Waals surface area contributed by atoms with E-state index in [9.17, 15) is 0 Å². The molecule has 0 amide bonds. The zero-order valence-electron chi connectivity index (χ0n) is 10.6. The van der Waals surface area contributed by atoms with Crippen molar-refractivity contribution in [1.29, 1.82) is 0 Å². The first-order valence-electron chi connectivity index (χ1n) is 5.96. The summed E-state index contributed by atoms with van der Waals surface area (Å²) in [6.45, 7) is 5.67. The molecule has 1 heterocycles. The fourth-order valence-electron chi connectivity index (χ4n) is 1.94. The molecule has 17 heavy (non-hydrogen) atoms. The Morgan fingerprint density at radius 3 is 2.76 bits per heavy atom. The minimum atomic E-state index is 0.197. The maximum Gasteiger partial charge on any atom is 0.129 e. The highest BCUT2D eigenvalue weighted by molar-refractivity contribution is 5.86. The van der Waals surface area contributed by atoms with E-state index in [4.69, 9.17) is 9.47 Å². The Morgan fingerprint density at radius 1 is 1.24 bits per heavy atom. The van der Waals surface area contributed by atoms with Gasteiger partial charge in [0.1, 0.15) is 5.75 Å². The lowest BCUT2D eigenvalue weighted by Gasteiger charge is -2.11. The van der Waals surface area contributed by atoms with Gasteiger partial charge in [-0.15, -0.1) is 0 Å². The Bertz CT molecular complexity index is 488. The Kier molecular flexibility index (Phi) is 3.69. The van der Waals surface area contributed by atoms with Crippen LogP contribution in [-0.2, 0) is 11.3 Å². The summed E-state index contributed by atoms with van der Waals surface area (Å²) in [5.41, 5.74) is 1.19. The standard InChI is InChI=1S/C14H19NO2/c1-11(2)17-14-6-4-5-13-12(14)7-8-15(13)9-10-16-3/h4-8,11H,9-10H2,1-3H3. The van der Waals surface area contributed by atoms with Crippen molar-refractivity contribution < 1.29 is 9.47 Å². The number of rotatable bonds is 5. The highest BCUT2D eigenvalue weighted by Crippen LogP contribution is 2.27. The van der Waals surface area contributed by atoms with Crippen molar-refractivity contribution in [3.63, 3.8) is 0 Å². The third-order valence-corrected chi connectivity index (χ3v) is 2.67. The second-order valence-electron chi connectivity index (χ2n) is 4.36. The van der Waals surface area contributed by atoms with Gasteiger partial charge in [-0.25, -0.2) is 0 Å². The van der Waals surface area contributed by atoms with Crippen LogP contribution in [0.5, 0.6) is 5.75 Å². The molecule has 0 spiro atoms. The zero-order chi connectivity index (χ0) is 12.3. The van der Waals surface area contributed by atoms with Gasteiger partial charge < -0.3 is 14.0 Å². The molecule has 0 aliphatic rings. The lowest BCUT2D eigenvalue weighted by Crippen LogP contribution is -2.06. The molecule has 0 radical (unpaired) electrons. The first-order valence-corrected chi connectivity index (χ1v) is 5.96. The van der Waals surface area contributed by atoms with Gasteiger partial charge in [-0.2, -0.15) is 0 Å². The van der Waals surface area contributed by atoms with Crippen LogP contribution >= 0.6 is 0 Å². The minimum absolute atomic E-state index is 0.197. The minimum Gasteiger partial charge on any atom is -0.490 e. The van der Waals surface area contributed by atoms with E-state index in [1.807, 2.05) is 26.0 Å². The van der Waals surface area contributed by atoms with Crippen molar-refractivity contribution in [3.05, 3.63) is 30.5 Å². The van der Waals surface area contributed by atoms with E-state index < -0.39 is 0 Å². The number of nitrogens with zero attached hydrogens (tertiary/aromatic N) is 1. The van der Waals surface area contributed by atoms with Gasteiger partial charge >= 0.3 is 0 Å². The fourth-order valence-corrected chi connectivity index (χ4v) is 1.94. The summed E-state index contributed by atoms with van der Waals surface area (Å²) >= 11 is 0. The summed E-state index contributed by atoms with van der Waals surface area (Å²) in [6.07, 6.45) is 2.28. The Labute approximate surface area is 102 Å². The summed E-state index contributed by atoms with van der Waals surface area (Å²) in [4.78, 5) is 0. The Morgan fingerprint density at radius 2 is 2.06 bits per heavy atom. The van der Waals surface area contributed by atoms with Crippen LogP contribution in [0.1, 0.15) is 13.8 Å². The summed E-state index contributed by atoms with van der Waals surface area (Å²) in [5, 5.41) is 1.16. The van der Waals surface area contributed by atoms with E-state index in [-0.39, 0.29) is 6.10 Å². The maximum absolute atomic E-state index is 5.80. The summed E-state index contributed by atoms with van der Waals surface area (Å²) in [7, 11) is 1.72. The quantitative estimate of drug-likeness (QED) is 0.792. The molecular weight excluding hydrogens is 214 g/mol. The third-order valence-electron chi connectivity index (χ3n) is 2.67. The zero-order valence-corrected chi connectivity index (χ0v) is 10.6. The molecular formula is C14H19NO2. The molecule has 2 aromatic rings. The van der Waals surface area contributed by atoms with Gasteiger partial charge in [-0.3, -0.25) is 0 Å². The number of fused-ring (bicyclic) bond motifs is 1. The van der Waals surface area contributed by atoms with Gasteiger partial charge in [0.25, 0.3) is 0 Å². The number of hydrogen-bond acceptors (Lipinski definition) is 2. The molecule has 3 nitrogen and oxygen atoms in total. The third kappa shape index (κ3) is 2.61. The van der Waals surface area contributed by atoms with Gasteiger partial charge in [-0.05, 0) is 32.0 Å². The van der Waals surface area contributed by atoms with Crippen LogP contribution in [0.25, 0.3) is 10.9 Å². The normalized spacial score (nSPS) is 11.3. The lowest BCUT2D eigenvalue weighted by molar-refractivity contribution is 0.188. The van der Waals surface area contributed by atoms with Crippen molar-refractivity contribution in [3.8, 4) is 5.75 Å². The van der Waals surface area contributed by atoms with Crippen LogP contribution in [0.4, 0.5) is 0 Å².